The number of hydrogen-bond donors (Lipinski definition) is 1. The normalized spacial score (nSPS) is 16.7. The maximum absolute atomic E-state index is 12.4. The van der Waals surface area contributed by atoms with Crippen LogP contribution in [-0.4, -0.2) is 37.8 Å². The van der Waals surface area contributed by atoms with Gasteiger partial charge in [-0.05, 0) is 29.0 Å². The lowest BCUT2D eigenvalue weighted by atomic mass is 9.97. The molecule has 0 spiro atoms. The highest BCUT2D eigenvalue weighted by Gasteiger charge is 2.34. The molecular weight excluding hydrogens is 284 g/mol. The number of carbonyl (C=O) groups is 1. The molecule has 1 N–H and O–H groups in total. The molecule has 0 aromatic carbocycles. The van der Waals surface area contributed by atoms with E-state index in [0.29, 0.717) is 17.2 Å². The van der Waals surface area contributed by atoms with Crippen molar-refractivity contribution in [2.45, 2.75) is 13.0 Å². The van der Waals surface area contributed by atoms with Gasteiger partial charge in [-0.1, -0.05) is 23.8 Å². The molecule has 22 heavy (non-hydrogen) atoms. The van der Waals surface area contributed by atoms with Crippen LogP contribution in [0.2, 0.25) is 0 Å². The number of nitrogens with one attached hydrogen (secondary N) is 1. The minimum Gasteiger partial charge on any atom is -0.458 e. The second kappa shape index (κ2) is 5.76. The number of ether oxygens (including phenoxy) is 1. The summed E-state index contributed by atoms with van der Waals surface area (Å²) in [5, 5.41) is 14.5. The third kappa shape index (κ3) is 2.34. The van der Waals surface area contributed by atoms with Gasteiger partial charge in [0.2, 0.25) is 5.95 Å². The van der Waals surface area contributed by atoms with Crippen LogP contribution in [0.25, 0.3) is 0 Å². The van der Waals surface area contributed by atoms with Gasteiger partial charge in [-0.15, -0.1) is 0 Å². The number of nitrogens with zero attached hydrogens (tertiary/aromatic N) is 5. The lowest BCUT2D eigenvalue weighted by Crippen LogP contribution is -2.29. The zero-order valence-electron chi connectivity index (χ0n) is 11.9. The molecule has 2 aromatic heterocycles. The average Bonchev–Trinajstić information content (AvgIpc) is 2.99. The van der Waals surface area contributed by atoms with E-state index in [4.69, 9.17) is 4.74 Å². The molecule has 1 aliphatic rings. The Kier molecular flexibility index (Phi) is 3.65. The molecule has 8 nitrogen and oxygen atoms in total. The third-order valence-corrected chi connectivity index (χ3v) is 3.27. The Labute approximate surface area is 126 Å². The van der Waals surface area contributed by atoms with E-state index in [9.17, 15) is 4.79 Å². The van der Waals surface area contributed by atoms with E-state index in [1.165, 1.54) is 10.8 Å². The standard InChI is InChI=1S/C14H14N6O2/c1-3-7-22-13(21)11-9(2)16-14-17-18-19-20(14)12(11)10-5-4-6-15-8-10/h3-6,8,12H,1,7H2,2H3,(H,16,17,19)/t12-/m1/s1. The topological polar surface area (TPSA) is 94.8 Å². The fourth-order valence-corrected chi connectivity index (χ4v) is 2.33. The summed E-state index contributed by atoms with van der Waals surface area (Å²) in [6, 6.07) is 3.17. The highest BCUT2D eigenvalue weighted by atomic mass is 16.5. The SMILES string of the molecule is C=CCOC(=O)C1=C(C)Nc2nnnn2[C@@H]1c1cccnc1. The van der Waals surface area contributed by atoms with Crippen LogP contribution in [0.4, 0.5) is 5.95 Å². The second-order valence-corrected chi connectivity index (χ2v) is 4.69. The molecule has 0 saturated heterocycles. The Morgan fingerprint density at radius 1 is 1.59 bits per heavy atom. The highest BCUT2D eigenvalue weighted by Crippen LogP contribution is 2.34. The molecule has 3 rings (SSSR count). The predicted molar refractivity (Wildman–Crippen MR) is 77.7 cm³/mol. The zero-order chi connectivity index (χ0) is 15.5. The molecule has 0 amide bonds. The first-order valence-corrected chi connectivity index (χ1v) is 6.66. The van der Waals surface area contributed by atoms with Crippen molar-refractivity contribution in [3.8, 4) is 0 Å². The molecule has 112 valence electrons. The Balaban J connectivity index is 2.08. The lowest BCUT2D eigenvalue weighted by Gasteiger charge is -2.27. The Bertz CT molecular complexity index is 737. The molecule has 0 unspecified atom stereocenters. The maximum Gasteiger partial charge on any atom is 0.338 e. The number of aromatic nitrogens is 5. The van der Waals surface area contributed by atoms with Gasteiger partial charge < -0.3 is 10.1 Å². The van der Waals surface area contributed by atoms with E-state index < -0.39 is 12.0 Å². The van der Waals surface area contributed by atoms with Gasteiger partial charge in [-0.25, -0.2) is 4.79 Å². The summed E-state index contributed by atoms with van der Waals surface area (Å²) in [5.41, 5.74) is 1.88. The summed E-state index contributed by atoms with van der Waals surface area (Å²) in [5.74, 6) is 0.0199. The summed E-state index contributed by atoms with van der Waals surface area (Å²) in [4.78, 5) is 16.5. The van der Waals surface area contributed by atoms with Crippen LogP contribution >= 0.6 is 0 Å². The van der Waals surface area contributed by atoms with Crippen molar-refractivity contribution in [1.29, 1.82) is 0 Å². The van der Waals surface area contributed by atoms with E-state index in [2.05, 4.69) is 32.4 Å². The molecule has 1 aliphatic heterocycles. The number of hydrogen-bond acceptors (Lipinski definition) is 7. The van der Waals surface area contributed by atoms with Crippen LogP contribution < -0.4 is 5.32 Å². The summed E-state index contributed by atoms with van der Waals surface area (Å²) in [7, 11) is 0. The van der Waals surface area contributed by atoms with E-state index >= 15 is 0 Å². The molecule has 0 fully saturated rings. The maximum atomic E-state index is 12.4. The fraction of sp³-hybridized carbons (Fsp3) is 0.214. The first kappa shape index (κ1) is 13.9. The van der Waals surface area contributed by atoms with E-state index in [1.54, 1.807) is 25.4 Å². The molecule has 0 aliphatic carbocycles. The molecule has 0 bridgehead atoms. The third-order valence-electron chi connectivity index (χ3n) is 3.27. The van der Waals surface area contributed by atoms with Gasteiger partial charge in [-0.3, -0.25) is 4.98 Å². The number of fused-ring (bicyclic) bond motifs is 1. The Hall–Kier alpha value is -3.03. The molecule has 3 heterocycles. The quantitative estimate of drug-likeness (QED) is 0.666. The van der Waals surface area contributed by atoms with Crippen LogP contribution in [0.3, 0.4) is 0 Å². The van der Waals surface area contributed by atoms with Crippen LogP contribution in [0.15, 0.2) is 48.5 Å². The summed E-state index contributed by atoms with van der Waals surface area (Å²) in [6.45, 7) is 5.47. The van der Waals surface area contributed by atoms with Gasteiger partial charge in [0.25, 0.3) is 0 Å². The smallest absolute Gasteiger partial charge is 0.338 e. The van der Waals surface area contributed by atoms with Gasteiger partial charge >= 0.3 is 5.97 Å². The molecule has 1 atom stereocenters. The Morgan fingerprint density at radius 2 is 2.45 bits per heavy atom. The number of allylic oxidation sites excluding steroid dienone is 1. The van der Waals surface area contributed by atoms with Crippen molar-refractivity contribution < 1.29 is 9.53 Å². The van der Waals surface area contributed by atoms with Crippen LogP contribution in [0.1, 0.15) is 18.5 Å². The zero-order valence-corrected chi connectivity index (χ0v) is 11.9. The van der Waals surface area contributed by atoms with Gasteiger partial charge in [-0.2, -0.15) is 4.68 Å². The van der Waals surface area contributed by atoms with Gasteiger partial charge in [0.1, 0.15) is 12.6 Å². The van der Waals surface area contributed by atoms with Crippen LogP contribution in [0, 0.1) is 0 Å². The molecular formula is C14H14N6O2. The number of carbonyl (C=O) groups excluding carboxylic acids is 1. The van der Waals surface area contributed by atoms with Crippen LogP contribution in [-0.2, 0) is 9.53 Å². The number of rotatable bonds is 4. The second-order valence-electron chi connectivity index (χ2n) is 4.69. The van der Waals surface area contributed by atoms with Crippen molar-refractivity contribution in [2.24, 2.45) is 0 Å². The van der Waals surface area contributed by atoms with Crippen molar-refractivity contribution in [1.82, 2.24) is 25.2 Å². The molecule has 8 heteroatoms. The first-order chi connectivity index (χ1) is 10.7. The monoisotopic (exact) mass is 298 g/mol. The number of anilines is 1. The van der Waals surface area contributed by atoms with Gasteiger partial charge in [0, 0.05) is 18.1 Å². The van der Waals surface area contributed by atoms with Gasteiger partial charge in [0.05, 0.1) is 5.57 Å². The molecule has 0 saturated carbocycles. The molecule has 2 aromatic rings. The van der Waals surface area contributed by atoms with E-state index in [0.717, 1.165) is 5.56 Å². The fourth-order valence-electron chi connectivity index (χ4n) is 2.33. The number of tetrazole rings is 1. The minimum atomic E-state index is -0.489. The summed E-state index contributed by atoms with van der Waals surface area (Å²) >= 11 is 0. The largest absolute Gasteiger partial charge is 0.458 e. The number of esters is 1. The minimum absolute atomic E-state index is 0.137. The Morgan fingerprint density at radius 3 is 3.18 bits per heavy atom. The number of pyridine rings is 1. The van der Waals surface area contributed by atoms with E-state index in [1.807, 2.05) is 6.07 Å². The van der Waals surface area contributed by atoms with Crippen molar-refractivity contribution in [3.63, 3.8) is 0 Å². The first-order valence-electron chi connectivity index (χ1n) is 6.66. The molecule has 0 radical (unpaired) electrons. The van der Waals surface area contributed by atoms with Gasteiger partial charge in [0.15, 0.2) is 0 Å². The van der Waals surface area contributed by atoms with Crippen molar-refractivity contribution in [3.05, 3.63) is 54.0 Å². The summed E-state index contributed by atoms with van der Waals surface area (Å²) in [6.07, 6.45) is 4.86. The summed E-state index contributed by atoms with van der Waals surface area (Å²) < 4.78 is 6.72. The lowest BCUT2D eigenvalue weighted by molar-refractivity contribution is -0.138. The van der Waals surface area contributed by atoms with Crippen molar-refractivity contribution >= 4 is 11.9 Å². The van der Waals surface area contributed by atoms with E-state index in [-0.39, 0.29) is 6.61 Å². The van der Waals surface area contributed by atoms with Crippen LogP contribution in [0.5, 0.6) is 0 Å². The predicted octanol–water partition coefficient (Wildman–Crippen LogP) is 1.09. The average molecular weight is 298 g/mol. The van der Waals surface area contributed by atoms with Crippen molar-refractivity contribution in [2.75, 3.05) is 11.9 Å². The highest BCUT2D eigenvalue weighted by molar-refractivity contribution is 5.92.